The van der Waals surface area contributed by atoms with E-state index in [-0.39, 0.29) is 5.78 Å². The summed E-state index contributed by atoms with van der Waals surface area (Å²) in [6.45, 7) is 1.79. The molecule has 174 valence electrons. The van der Waals surface area contributed by atoms with Gasteiger partial charge < -0.3 is 9.88 Å². The lowest BCUT2D eigenvalue weighted by Crippen LogP contribution is -2.33. The second-order valence-electron chi connectivity index (χ2n) is 8.25. The number of aromatic amines is 1. The number of hydrogen-bond donors (Lipinski definition) is 2. The Hall–Kier alpha value is -3.30. The van der Waals surface area contributed by atoms with Crippen LogP contribution in [0.3, 0.4) is 0 Å². The zero-order valence-corrected chi connectivity index (χ0v) is 20.2. The van der Waals surface area contributed by atoms with E-state index in [1.54, 1.807) is 24.4 Å². The van der Waals surface area contributed by atoms with Gasteiger partial charge in [0, 0.05) is 64.7 Å². The van der Waals surface area contributed by atoms with Crippen molar-refractivity contribution in [1.29, 1.82) is 0 Å². The third kappa shape index (κ3) is 4.80. The van der Waals surface area contributed by atoms with Crippen LogP contribution in [0, 0.1) is 0 Å². The molecular weight excluding hydrogens is 468 g/mol. The molecule has 0 saturated carbocycles. The number of aromatic nitrogens is 2. The second-order valence-corrected chi connectivity index (χ2v) is 11.2. The standard InChI is InChI=1S/C25H24N4O3S2/c1-34(31,32)28-20-14-18(21-3-2-4-23-22(21)6-8-26-23)13-19(15-20)25(30)17-5-7-27-24(16-17)29-9-11-33-12-10-29/h2-8,13-16,26,28H,9-12H2,1H3. The lowest BCUT2D eigenvalue weighted by Gasteiger charge is -2.27. The molecule has 0 radical (unpaired) electrons. The number of thioether (sulfide) groups is 1. The molecule has 1 aliphatic heterocycles. The largest absolute Gasteiger partial charge is 0.361 e. The van der Waals surface area contributed by atoms with Crippen molar-refractivity contribution in [3.8, 4) is 11.1 Å². The van der Waals surface area contributed by atoms with E-state index in [2.05, 4.69) is 19.6 Å². The number of ketones is 1. The summed E-state index contributed by atoms with van der Waals surface area (Å²) in [4.78, 5) is 23.4. The predicted octanol–water partition coefficient (Wildman–Crippen LogP) is 4.39. The van der Waals surface area contributed by atoms with E-state index in [9.17, 15) is 13.2 Å². The zero-order chi connectivity index (χ0) is 23.7. The lowest BCUT2D eigenvalue weighted by atomic mass is 9.96. The molecule has 2 aromatic heterocycles. The molecule has 0 aliphatic carbocycles. The maximum Gasteiger partial charge on any atom is 0.229 e. The molecule has 2 aromatic carbocycles. The second kappa shape index (κ2) is 9.15. The smallest absolute Gasteiger partial charge is 0.229 e. The molecule has 4 aromatic rings. The average Bonchev–Trinajstić information content (AvgIpc) is 3.32. The van der Waals surface area contributed by atoms with Gasteiger partial charge >= 0.3 is 0 Å². The van der Waals surface area contributed by atoms with Crippen LogP contribution in [0.15, 0.2) is 67.0 Å². The molecule has 1 aliphatic rings. The molecule has 2 N–H and O–H groups in total. The van der Waals surface area contributed by atoms with Gasteiger partial charge in [-0.15, -0.1) is 0 Å². The Bertz CT molecular complexity index is 1470. The van der Waals surface area contributed by atoms with Gasteiger partial charge in [0.1, 0.15) is 5.82 Å². The zero-order valence-electron chi connectivity index (χ0n) is 18.6. The van der Waals surface area contributed by atoms with Crippen molar-refractivity contribution in [3.63, 3.8) is 0 Å². The summed E-state index contributed by atoms with van der Waals surface area (Å²) >= 11 is 1.91. The minimum Gasteiger partial charge on any atom is -0.361 e. The van der Waals surface area contributed by atoms with E-state index in [4.69, 9.17) is 0 Å². The summed E-state index contributed by atoms with van der Waals surface area (Å²) in [5.74, 6) is 2.67. The van der Waals surface area contributed by atoms with Gasteiger partial charge in [0.2, 0.25) is 10.0 Å². The first-order valence-electron chi connectivity index (χ1n) is 10.9. The van der Waals surface area contributed by atoms with Crippen LogP contribution < -0.4 is 9.62 Å². The molecule has 1 saturated heterocycles. The van der Waals surface area contributed by atoms with E-state index in [0.29, 0.717) is 16.8 Å². The number of rotatable bonds is 6. The van der Waals surface area contributed by atoms with E-state index < -0.39 is 10.0 Å². The molecule has 1 fully saturated rings. The van der Waals surface area contributed by atoms with Crippen LogP contribution in [0.25, 0.3) is 22.0 Å². The highest BCUT2D eigenvalue weighted by molar-refractivity contribution is 7.99. The van der Waals surface area contributed by atoms with Gasteiger partial charge in [-0.1, -0.05) is 12.1 Å². The fraction of sp³-hybridized carbons (Fsp3) is 0.200. The summed E-state index contributed by atoms with van der Waals surface area (Å²) in [6, 6.07) is 16.5. The van der Waals surface area contributed by atoms with Crippen molar-refractivity contribution in [2.75, 3.05) is 40.5 Å². The number of carbonyl (C=O) groups excluding carboxylic acids is 1. The maximum absolute atomic E-state index is 13.6. The van der Waals surface area contributed by atoms with Crippen LogP contribution in [0.2, 0.25) is 0 Å². The Balaban J connectivity index is 1.58. The summed E-state index contributed by atoms with van der Waals surface area (Å²) in [5, 5.41) is 0.992. The van der Waals surface area contributed by atoms with Crippen LogP contribution >= 0.6 is 11.8 Å². The Labute approximate surface area is 202 Å². The highest BCUT2D eigenvalue weighted by Crippen LogP contribution is 2.32. The number of H-pyrrole nitrogens is 1. The van der Waals surface area contributed by atoms with Gasteiger partial charge in [0.05, 0.1) is 6.26 Å². The number of benzene rings is 2. The van der Waals surface area contributed by atoms with Crippen molar-refractivity contribution >= 4 is 50.0 Å². The summed E-state index contributed by atoms with van der Waals surface area (Å²) in [5.41, 5.74) is 3.90. The summed E-state index contributed by atoms with van der Waals surface area (Å²) < 4.78 is 26.5. The van der Waals surface area contributed by atoms with E-state index in [0.717, 1.165) is 58.7 Å². The van der Waals surface area contributed by atoms with E-state index in [1.807, 2.05) is 54.4 Å². The lowest BCUT2D eigenvalue weighted by molar-refractivity contribution is 0.103. The van der Waals surface area contributed by atoms with Gasteiger partial charge in [-0.05, 0) is 53.6 Å². The van der Waals surface area contributed by atoms with E-state index in [1.165, 1.54) is 0 Å². The van der Waals surface area contributed by atoms with Gasteiger partial charge in [-0.2, -0.15) is 11.8 Å². The number of nitrogens with zero attached hydrogens (tertiary/aromatic N) is 2. The van der Waals surface area contributed by atoms with Crippen molar-refractivity contribution in [2.24, 2.45) is 0 Å². The highest BCUT2D eigenvalue weighted by Gasteiger charge is 2.18. The minimum atomic E-state index is -3.52. The van der Waals surface area contributed by atoms with Gasteiger partial charge in [-0.25, -0.2) is 13.4 Å². The van der Waals surface area contributed by atoms with E-state index >= 15 is 0 Å². The minimum absolute atomic E-state index is 0.185. The number of sulfonamides is 1. The molecule has 5 rings (SSSR count). The Morgan fingerprint density at radius 3 is 2.68 bits per heavy atom. The SMILES string of the molecule is CS(=O)(=O)Nc1cc(C(=O)c2ccnc(N3CCSCC3)c2)cc(-c2cccc3[nH]ccc23)c1. The molecule has 0 spiro atoms. The monoisotopic (exact) mass is 492 g/mol. The topological polar surface area (TPSA) is 95.2 Å². The molecule has 0 bridgehead atoms. The van der Waals surface area contributed by atoms with Crippen molar-refractivity contribution in [3.05, 3.63) is 78.1 Å². The third-order valence-electron chi connectivity index (χ3n) is 5.75. The number of carbonyl (C=O) groups is 1. The molecular formula is C25H24N4O3S2. The highest BCUT2D eigenvalue weighted by atomic mass is 32.2. The quantitative estimate of drug-likeness (QED) is 0.388. The fourth-order valence-electron chi connectivity index (χ4n) is 4.22. The molecule has 0 unspecified atom stereocenters. The summed E-state index contributed by atoms with van der Waals surface area (Å²) in [7, 11) is -3.52. The molecule has 0 atom stereocenters. The molecule has 9 heteroatoms. The van der Waals surface area contributed by atoms with Gasteiger partial charge in [0.25, 0.3) is 0 Å². The number of nitrogens with one attached hydrogen (secondary N) is 2. The first-order valence-corrected chi connectivity index (χ1v) is 13.9. The maximum atomic E-state index is 13.6. The third-order valence-corrected chi connectivity index (χ3v) is 7.30. The number of fused-ring (bicyclic) bond motifs is 1. The Morgan fingerprint density at radius 2 is 1.88 bits per heavy atom. The summed E-state index contributed by atoms with van der Waals surface area (Å²) in [6.07, 6.45) is 4.61. The number of anilines is 2. The first kappa shape index (κ1) is 22.5. The number of pyridine rings is 1. The van der Waals surface area contributed by atoms with Crippen LogP contribution in [0.1, 0.15) is 15.9 Å². The molecule has 0 amide bonds. The molecule has 7 nitrogen and oxygen atoms in total. The van der Waals surface area contributed by atoms with Gasteiger partial charge in [-0.3, -0.25) is 9.52 Å². The molecule has 3 heterocycles. The normalized spacial score (nSPS) is 14.3. The average molecular weight is 493 g/mol. The van der Waals surface area contributed by atoms with Crippen molar-refractivity contribution in [1.82, 2.24) is 9.97 Å². The predicted molar refractivity (Wildman–Crippen MR) is 139 cm³/mol. The van der Waals surface area contributed by atoms with Crippen molar-refractivity contribution < 1.29 is 13.2 Å². The van der Waals surface area contributed by atoms with Crippen LogP contribution in [-0.4, -0.2) is 55.0 Å². The van der Waals surface area contributed by atoms with Crippen LogP contribution in [0.5, 0.6) is 0 Å². The number of hydrogen-bond acceptors (Lipinski definition) is 6. The van der Waals surface area contributed by atoms with Crippen LogP contribution in [0.4, 0.5) is 11.5 Å². The first-order chi connectivity index (χ1) is 16.4. The molecule has 34 heavy (non-hydrogen) atoms. The van der Waals surface area contributed by atoms with Crippen LogP contribution in [-0.2, 0) is 10.0 Å². The Morgan fingerprint density at radius 1 is 1.06 bits per heavy atom. The Kier molecular flexibility index (Phi) is 6.05. The van der Waals surface area contributed by atoms with Gasteiger partial charge in [0.15, 0.2) is 5.78 Å². The van der Waals surface area contributed by atoms with Crippen molar-refractivity contribution in [2.45, 2.75) is 0 Å². The fourth-order valence-corrected chi connectivity index (χ4v) is 5.67.